The highest BCUT2D eigenvalue weighted by atomic mass is 32.2. The molecule has 4 aromatic carbocycles. The maximum absolute atomic E-state index is 14.4. The molecule has 0 aromatic heterocycles. The minimum Gasteiger partial charge on any atom is -0.497 e. The second-order valence-electron chi connectivity index (χ2n) is 10.4. The number of hydrogen-bond donors (Lipinski definition) is 1. The maximum Gasteiger partial charge on any atom is 0.264 e. The van der Waals surface area contributed by atoms with Crippen molar-refractivity contribution in [3.05, 3.63) is 126 Å². The molecule has 4 aromatic rings. The van der Waals surface area contributed by atoms with Crippen molar-refractivity contribution in [2.75, 3.05) is 18.0 Å². The van der Waals surface area contributed by atoms with E-state index in [9.17, 15) is 18.0 Å². The Morgan fingerprint density at radius 1 is 0.791 bits per heavy atom. The zero-order chi connectivity index (χ0) is 30.8. The first kappa shape index (κ1) is 31.3. The third-order valence-electron chi connectivity index (χ3n) is 6.85. The summed E-state index contributed by atoms with van der Waals surface area (Å²) in [4.78, 5) is 29.6. The minimum absolute atomic E-state index is 0.0404. The number of anilines is 1. The molecule has 8 nitrogen and oxygen atoms in total. The molecule has 0 aliphatic heterocycles. The second kappa shape index (κ2) is 14.5. The molecule has 43 heavy (non-hydrogen) atoms. The summed E-state index contributed by atoms with van der Waals surface area (Å²) in [6.07, 6.45) is 0.253. The molecule has 224 valence electrons. The molecular formula is C34H37N3O5S. The van der Waals surface area contributed by atoms with Crippen molar-refractivity contribution in [2.45, 2.75) is 43.8 Å². The van der Waals surface area contributed by atoms with Gasteiger partial charge in [-0.3, -0.25) is 13.9 Å². The zero-order valence-corrected chi connectivity index (χ0v) is 25.4. The lowest BCUT2D eigenvalue weighted by Gasteiger charge is -2.34. The summed E-state index contributed by atoms with van der Waals surface area (Å²) < 4.78 is 34.5. The van der Waals surface area contributed by atoms with E-state index in [4.69, 9.17) is 4.74 Å². The summed E-state index contributed by atoms with van der Waals surface area (Å²) in [6, 6.07) is 32.3. The van der Waals surface area contributed by atoms with Gasteiger partial charge in [0.25, 0.3) is 10.0 Å². The fourth-order valence-electron chi connectivity index (χ4n) is 4.73. The molecule has 9 heteroatoms. The van der Waals surface area contributed by atoms with E-state index >= 15 is 0 Å². The number of carbonyl (C=O) groups is 2. The summed E-state index contributed by atoms with van der Waals surface area (Å²) in [5.41, 5.74) is 1.95. The van der Waals surface area contributed by atoms with Crippen LogP contribution < -0.4 is 14.4 Å². The number of methoxy groups -OCH3 is 1. The van der Waals surface area contributed by atoms with Crippen LogP contribution in [-0.2, 0) is 32.6 Å². The molecule has 0 unspecified atom stereocenters. The molecule has 0 spiro atoms. The van der Waals surface area contributed by atoms with Gasteiger partial charge >= 0.3 is 0 Å². The van der Waals surface area contributed by atoms with E-state index in [1.165, 1.54) is 24.1 Å². The Hall–Kier alpha value is -4.63. The molecule has 0 heterocycles. The molecule has 1 N–H and O–H groups in total. The average Bonchev–Trinajstić information content (AvgIpc) is 3.02. The molecule has 0 radical (unpaired) electrons. The highest BCUT2D eigenvalue weighted by Crippen LogP contribution is 2.28. The average molecular weight is 600 g/mol. The Labute approximate surface area is 254 Å². The smallest absolute Gasteiger partial charge is 0.264 e. The number of nitrogens with zero attached hydrogens (tertiary/aromatic N) is 2. The van der Waals surface area contributed by atoms with Gasteiger partial charge in [0.05, 0.1) is 17.7 Å². The fraction of sp³-hybridized carbons (Fsp3) is 0.235. The van der Waals surface area contributed by atoms with E-state index in [1.54, 1.807) is 42.5 Å². The molecule has 0 aliphatic rings. The Morgan fingerprint density at radius 2 is 1.37 bits per heavy atom. The first-order valence-corrected chi connectivity index (χ1v) is 15.5. The van der Waals surface area contributed by atoms with Gasteiger partial charge in [-0.25, -0.2) is 8.42 Å². The van der Waals surface area contributed by atoms with E-state index in [1.807, 2.05) is 74.5 Å². The molecule has 0 fully saturated rings. The van der Waals surface area contributed by atoms with E-state index < -0.39 is 28.5 Å². The maximum atomic E-state index is 14.4. The van der Waals surface area contributed by atoms with Gasteiger partial charge < -0.3 is 15.0 Å². The predicted octanol–water partition coefficient (Wildman–Crippen LogP) is 5.06. The molecular weight excluding hydrogens is 562 g/mol. The van der Waals surface area contributed by atoms with Crippen molar-refractivity contribution in [1.29, 1.82) is 0 Å². The molecule has 0 aliphatic carbocycles. The molecule has 0 saturated carbocycles. The van der Waals surface area contributed by atoms with Gasteiger partial charge in [0.2, 0.25) is 11.8 Å². The number of amides is 2. The first-order chi connectivity index (χ1) is 20.7. The van der Waals surface area contributed by atoms with Crippen molar-refractivity contribution in [3.8, 4) is 5.75 Å². The lowest BCUT2D eigenvalue weighted by molar-refractivity contribution is -0.140. The van der Waals surface area contributed by atoms with Crippen LogP contribution in [0.15, 0.2) is 120 Å². The summed E-state index contributed by atoms with van der Waals surface area (Å²) in [5.74, 6) is -0.398. The topological polar surface area (TPSA) is 96.0 Å². The SMILES string of the molecule is COc1cccc(N(CC(=O)N(Cc2ccccc2)[C@@H](Cc2ccccc2)C(=O)NC(C)C)S(=O)(=O)c2ccccc2)c1. The van der Waals surface area contributed by atoms with Gasteiger partial charge in [-0.15, -0.1) is 0 Å². The quantitative estimate of drug-likeness (QED) is 0.232. The first-order valence-electron chi connectivity index (χ1n) is 14.1. The third kappa shape index (κ3) is 8.23. The highest BCUT2D eigenvalue weighted by Gasteiger charge is 2.34. The summed E-state index contributed by atoms with van der Waals surface area (Å²) in [6.45, 7) is 3.30. The lowest BCUT2D eigenvalue weighted by Crippen LogP contribution is -2.54. The monoisotopic (exact) mass is 599 g/mol. The van der Waals surface area contributed by atoms with Crippen LogP contribution >= 0.6 is 0 Å². The van der Waals surface area contributed by atoms with Crippen molar-refractivity contribution < 1.29 is 22.7 Å². The number of sulfonamides is 1. The summed E-state index contributed by atoms with van der Waals surface area (Å²) in [5, 5.41) is 2.96. The Bertz CT molecular complexity index is 1600. The highest BCUT2D eigenvalue weighted by molar-refractivity contribution is 7.92. The molecule has 2 amide bonds. The van der Waals surface area contributed by atoms with Crippen LogP contribution in [0.2, 0.25) is 0 Å². The van der Waals surface area contributed by atoms with Gasteiger partial charge in [0, 0.05) is 25.1 Å². The van der Waals surface area contributed by atoms with Crippen LogP contribution in [0.4, 0.5) is 5.69 Å². The van der Waals surface area contributed by atoms with Crippen LogP contribution in [0.3, 0.4) is 0 Å². The molecule has 4 rings (SSSR count). The molecule has 0 saturated heterocycles. The Morgan fingerprint density at radius 3 is 1.95 bits per heavy atom. The standard InChI is InChI=1S/C34H37N3O5S/c1-26(2)35-34(39)32(22-27-14-7-4-8-15-27)36(24-28-16-9-5-10-17-28)33(38)25-37(29-18-13-19-30(23-29)42-3)43(40,41)31-20-11-6-12-21-31/h4-21,23,26,32H,22,24-25H2,1-3H3,(H,35,39)/t32-/m0/s1. The van der Waals surface area contributed by atoms with Crippen LogP contribution in [-0.4, -0.2) is 50.9 Å². The number of benzene rings is 4. The molecule has 0 bridgehead atoms. The largest absolute Gasteiger partial charge is 0.497 e. The van der Waals surface area contributed by atoms with Crippen LogP contribution in [0.1, 0.15) is 25.0 Å². The minimum atomic E-state index is -4.17. The van der Waals surface area contributed by atoms with E-state index in [2.05, 4.69) is 5.32 Å². The lowest BCUT2D eigenvalue weighted by atomic mass is 10.0. The number of hydrogen-bond acceptors (Lipinski definition) is 5. The third-order valence-corrected chi connectivity index (χ3v) is 8.64. The fourth-order valence-corrected chi connectivity index (χ4v) is 6.16. The van der Waals surface area contributed by atoms with Crippen molar-refractivity contribution in [2.24, 2.45) is 0 Å². The molecule has 1 atom stereocenters. The van der Waals surface area contributed by atoms with Crippen LogP contribution in [0.5, 0.6) is 5.75 Å². The van der Waals surface area contributed by atoms with Crippen molar-refractivity contribution >= 4 is 27.5 Å². The van der Waals surface area contributed by atoms with Gasteiger partial charge in [0.1, 0.15) is 18.3 Å². The number of rotatable bonds is 13. The number of nitrogens with one attached hydrogen (secondary N) is 1. The Kier molecular flexibility index (Phi) is 10.6. The Balaban J connectivity index is 1.80. The van der Waals surface area contributed by atoms with E-state index in [0.717, 1.165) is 15.4 Å². The van der Waals surface area contributed by atoms with Gasteiger partial charge in [-0.2, -0.15) is 0 Å². The van der Waals surface area contributed by atoms with Crippen molar-refractivity contribution in [1.82, 2.24) is 10.2 Å². The van der Waals surface area contributed by atoms with Gasteiger partial charge in [-0.05, 0) is 49.2 Å². The van der Waals surface area contributed by atoms with Crippen molar-refractivity contribution in [3.63, 3.8) is 0 Å². The summed E-state index contributed by atoms with van der Waals surface area (Å²) >= 11 is 0. The van der Waals surface area contributed by atoms with Gasteiger partial charge in [0.15, 0.2) is 0 Å². The van der Waals surface area contributed by atoms with Gasteiger partial charge in [-0.1, -0.05) is 84.9 Å². The van der Waals surface area contributed by atoms with E-state index in [0.29, 0.717) is 5.75 Å². The van der Waals surface area contributed by atoms with E-state index in [-0.39, 0.29) is 35.5 Å². The number of carbonyl (C=O) groups excluding carboxylic acids is 2. The normalized spacial score (nSPS) is 11.9. The zero-order valence-electron chi connectivity index (χ0n) is 24.6. The number of ether oxygens (including phenoxy) is 1. The predicted molar refractivity (Wildman–Crippen MR) is 168 cm³/mol. The second-order valence-corrected chi connectivity index (χ2v) is 12.3. The van der Waals surface area contributed by atoms with Crippen LogP contribution in [0.25, 0.3) is 0 Å². The summed E-state index contributed by atoms with van der Waals surface area (Å²) in [7, 11) is -2.69. The van der Waals surface area contributed by atoms with Crippen LogP contribution in [0, 0.1) is 0 Å².